The fourth-order valence-electron chi connectivity index (χ4n) is 0.0424. The zero-order chi connectivity index (χ0) is 5.91. The van der Waals surface area contributed by atoms with Crippen LogP contribution >= 0.6 is 0 Å². The van der Waals surface area contributed by atoms with Crippen molar-refractivity contribution in [1.29, 1.82) is 0 Å². The van der Waals surface area contributed by atoms with Gasteiger partial charge in [0.1, 0.15) is 0 Å². The van der Waals surface area contributed by atoms with Crippen LogP contribution in [0.15, 0.2) is 5.34 Å². The Kier molecular flexibility index (Phi) is 5.88. The minimum absolute atomic E-state index is 0. The van der Waals surface area contributed by atoms with E-state index < -0.39 is 10.3 Å². The molecule has 2 N–H and O–H groups in total. The van der Waals surface area contributed by atoms with Crippen molar-refractivity contribution in [2.75, 3.05) is 0 Å². The van der Waals surface area contributed by atoms with Crippen molar-refractivity contribution in [3.05, 3.63) is 4.91 Å². The van der Waals surface area contributed by atoms with Crippen molar-refractivity contribution in [2.45, 2.75) is 0 Å². The first-order valence-corrected chi connectivity index (χ1v) is 2.57. The Bertz CT molecular complexity index is 152. The summed E-state index contributed by atoms with van der Waals surface area (Å²) in [6, 6.07) is 0. The van der Waals surface area contributed by atoms with Gasteiger partial charge in [0.15, 0.2) is 5.34 Å². The van der Waals surface area contributed by atoms with Gasteiger partial charge in [-0.2, -0.15) is 13.6 Å². The predicted octanol–water partition coefficient (Wildman–Crippen LogP) is -4.00. The fourth-order valence-corrected chi connectivity index (χ4v) is 0.127. The SMILES string of the molecule is NS(=O)(=O)ON=O.[H-].[Na+]. The van der Waals surface area contributed by atoms with Crippen LogP contribution in [0.5, 0.6) is 0 Å². The van der Waals surface area contributed by atoms with Crippen LogP contribution in [-0.2, 0) is 14.6 Å². The van der Waals surface area contributed by atoms with Crippen molar-refractivity contribution < 1.29 is 43.7 Å². The van der Waals surface area contributed by atoms with Gasteiger partial charge < -0.3 is 1.43 Å². The van der Waals surface area contributed by atoms with Gasteiger partial charge in [-0.05, 0) is 0 Å². The van der Waals surface area contributed by atoms with Gasteiger partial charge in [-0.25, -0.2) is 4.28 Å². The molecule has 0 aliphatic rings. The molecule has 0 amide bonds. The van der Waals surface area contributed by atoms with Gasteiger partial charge in [-0.15, -0.1) is 4.91 Å². The Morgan fingerprint density at radius 1 is 1.62 bits per heavy atom. The number of rotatable bonds is 2. The molecular weight excluding hydrogens is 147 g/mol. The second kappa shape index (κ2) is 4.21. The summed E-state index contributed by atoms with van der Waals surface area (Å²) in [5.41, 5.74) is 0. The Morgan fingerprint density at radius 2 is 2.00 bits per heavy atom. The summed E-state index contributed by atoms with van der Waals surface area (Å²) >= 11 is 0. The molecule has 0 spiro atoms. The number of nitrogens with zero attached hydrogens (tertiary/aromatic N) is 1. The summed E-state index contributed by atoms with van der Waals surface area (Å²) in [7, 11) is -4.15. The Hall–Kier alpha value is 0.310. The molecule has 44 valence electrons. The first-order valence-electron chi connectivity index (χ1n) is 1.10. The molecule has 0 aliphatic carbocycles. The molecular formula is H3N2NaO4S. The average Bonchev–Trinajstić information content (AvgIpc) is 1.30. The molecule has 0 aromatic carbocycles. The van der Waals surface area contributed by atoms with Crippen LogP contribution in [0.3, 0.4) is 0 Å². The van der Waals surface area contributed by atoms with Crippen LogP contribution in [0, 0.1) is 4.91 Å². The summed E-state index contributed by atoms with van der Waals surface area (Å²) in [5, 5.41) is 5.65. The number of hydrogen-bond donors (Lipinski definition) is 1. The van der Waals surface area contributed by atoms with E-state index in [1.807, 2.05) is 0 Å². The molecule has 0 rings (SSSR count). The van der Waals surface area contributed by atoms with Crippen LogP contribution in [-0.4, -0.2) is 8.42 Å². The van der Waals surface area contributed by atoms with E-state index in [1.165, 1.54) is 0 Å². The van der Waals surface area contributed by atoms with E-state index in [1.54, 1.807) is 5.34 Å². The van der Waals surface area contributed by atoms with E-state index in [-0.39, 0.29) is 31.0 Å². The third-order valence-electron chi connectivity index (χ3n) is 0.134. The first-order chi connectivity index (χ1) is 3.06. The Morgan fingerprint density at radius 3 is 2.00 bits per heavy atom. The van der Waals surface area contributed by atoms with Crippen molar-refractivity contribution in [1.82, 2.24) is 0 Å². The Balaban J connectivity index is -0.000000180. The molecule has 0 unspecified atom stereocenters. The smallest absolute Gasteiger partial charge is 1.00 e. The molecule has 0 aliphatic heterocycles. The topological polar surface area (TPSA) is 98.8 Å². The summed E-state index contributed by atoms with van der Waals surface area (Å²) < 4.78 is 22.0. The first kappa shape index (κ1) is 11.2. The molecule has 0 heterocycles. The third kappa shape index (κ3) is 9.58. The van der Waals surface area contributed by atoms with Crippen LogP contribution in [0.2, 0.25) is 0 Å². The van der Waals surface area contributed by atoms with Gasteiger partial charge in [0.25, 0.3) is 0 Å². The normalized spacial score (nSPS) is 9.12. The van der Waals surface area contributed by atoms with Crippen molar-refractivity contribution in [3.8, 4) is 0 Å². The average molecular weight is 150 g/mol. The van der Waals surface area contributed by atoms with Gasteiger partial charge in [-0.3, -0.25) is 0 Å². The molecule has 0 aromatic heterocycles. The summed E-state index contributed by atoms with van der Waals surface area (Å²) in [4.78, 5) is 8.89. The van der Waals surface area contributed by atoms with Crippen LogP contribution in [0.25, 0.3) is 0 Å². The van der Waals surface area contributed by atoms with Crippen LogP contribution in [0.4, 0.5) is 0 Å². The van der Waals surface area contributed by atoms with Crippen LogP contribution in [0.1, 0.15) is 1.43 Å². The standard InChI is InChI=1S/H2N2O4S.Na.H/c1-7(4,5)6-2-3;;/h(H2,1,4,5);;/q;+1;-1. The largest absolute Gasteiger partial charge is 1.00 e. The zero-order valence-electron chi connectivity index (χ0n) is 5.07. The zero-order valence-corrected chi connectivity index (χ0v) is 6.88. The maximum absolute atomic E-state index is 9.49. The van der Waals surface area contributed by atoms with Crippen molar-refractivity contribution in [3.63, 3.8) is 0 Å². The van der Waals surface area contributed by atoms with E-state index in [2.05, 4.69) is 9.42 Å². The number of nitrogens with two attached hydrogens (primary N) is 1. The van der Waals surface area contributed by atoms with E-state index in [9.17, 15) is 8.42 Å². The molecule has 0 fully saturated rings. The fraction of sp³-hybridized carbons (Fsp3) is 0. The summed E-state index contributed by atoms with van der Waals surface area (Å²) in [5.74, 6) is 0. The van der Waals surface area contributed by atoms with Gasteiger partial charge in [0.2, 0.25) is 0 Å². The molecule has 6 nitrogen and oxygen atoms in total. The number of hydrogen-bond acceptors (Lipinski definition) is 5. The van der Waals surface area contributed by atoms with E-state index in [0.29, 0.717) is 0 Å². The minimum Gasteiger partial charge on any atom is -1.00 e. The molecule has 0 aromatic rings. The molecule has 0 bridgehead atoms. The molecule has 0 saturated heterocycles. The predicted molar refractivity (Wildman–Crippen MR) is 21.1 cm³/mol. The molecule has 0 saturated carbocycles. The summed E-state index contributed by atoms with van der Waals surface area (Å²) in [6.45, 7) is 0. The Labute approximate surface area is 69.3 Å². The summed E-state index contributed by atoms with van der Waals surface area (Å²) in [6.07, 6.45) is 0. The molecule has 8 heavy (non-hydrogen) atoms. The van der Waals surface area contributed by atoms with Gasteiger partial charge in [0, 0.05) is 0 Å². The van der Waals surface area contributed by atoms with Gasteiger partial charge >= 0.3 is 39.9 Å². The van der Waals surface area contributed by atoms with Crippen LogP contribution < -0.4 is 34.7 Å². The molecule has 0 atom stereocenters. The van der Waals surface area contributed by atoms with E-state index in [0.717, 1.165) is 0 Å². The van der Waals surface area contributed by atoms with E-state index in [4.69, 9.17) is 4.91 Å². The van der Waals surface area contributed by atoms with Crippen molar-refractivity contribution in [2.24, 2.45) is 10.5 Å². The second-order valence-corrected chi connectivity index (χ2v) is 1.78. The minimum atomic E-state index is -4.15. The second-order valence-electron chi connectivity index (χ2n) is 0.642. The maximum atomic E-state index is 9.49. The quantitative estimate of drug-likeness (QED) is 0.246. The molecule has 8 heteroatoms. The molecule has 0 radical (unpaired) electrons. The monoisotopic (exact) mass is 150 g/mol. The maximum Gasteiger partial charge on any atom is 1.00 e. The van der Waals surface area contributed by atoms with Gasteiger partial charge in [0.05, 0.1) is 0 Å². The van der Waals surface area contributed by atoms with Gasteiger partial charge in [-0.1, -0.05) is 0 Å². The van der Waals surface area contributed by atoms with Crippen molar-refractivity contribution >= 4 is 10.3 Å². The third-order valence-corrected chi connectivity index (χ3v) is 0.403. The van der Waals surface area contributed by atoms with E-state index >= 15 is 0 Å².